The fourth-order valence-electron chi connectivity index (χ4n) is 2.79. The maximum atomic E-state index is 11.4. The molecule has 1 N–H and O–H groups in total. The standard InChI is InChI=1S/C18H24N2O/c1-2-7-18(21)19-17-11-14-20(15-12-17)13-6-10-16-8-4-3-5-9-16/h3-5,8-9,17H,6,10-15H2,1H3,(H,19,21). The normalized spacial score (nSPS) is 16.0. The van der Waals surface area contributed by atoms with Gasteiger partial charge in [0.1, 0.15) is 0 Å². The van der Waals surface area contributed by atoms with Crippen molar-refractivity contribution in [3.63, 3.8) is 0 Å². The molecule has 1 aromatic rings. The first-order valence-corrected chi connectivity index (χ1v) is 7.77. The Kier molecular flexibility index (Phi) is 6.30. The van der Waals surface area contributed by atoms with Gasteiger partial charge in [0.05, 0.1) is 0 Å². The van der Waals surface area contributed by atoms with E-state index in [0.29, 0.717) is 6.04 Å². The Morgan fingerprint density at radius 1 is 1.29 bits per heavy atom. The first-order valence-electron chi connectivity index (χ1n) is 7.77. The average molecular weight is 284 g/mol. The maximum absolute atomic E-state index is 11.4. The van der Waals surface area contributed by atoms with Crippen molar-refractivity contribution in [2.45, 2.75) is 38.6 Å². The van der Waals surface area contributed by atoms with Gasteiger partial charge in [-0.25, -0.2) is 0 Å². The average Bonchev–Trinajstić information content (AvgIpc) is 2.50. The van der Waals surface area contributed by atoms with Gasteiger partial charge in [0.15, 0.2) is 0 Å². The van der Waals surface area contributed by atoms with Crippen LogP contribution in [0.4, 0.5) is 0 Å². The van der Waals surface area contributed by atoms with Crippen molar-refractivity contribution in [2.24, 2.45) is 0 Å². The number of piperidine rings is 1. The van der Waals surface area contributed by atoms with E-state index in [1.165, 1.54) is 12.0 Å². The van der Waals surface area contributed by atoms with E-state index in [1.54, 1.807) is 6.92 Å². The van der Waals surface area contributed by atoms with Crippen LogP contribution >= 0.6 is 0 Å². The largest absolute Gasteiger partial charge is 0.342 e. The maximum Gasteiger partial charge on any atom is 0.296 e. The summed E-state index contributed by atoms with van der Waals surface area (Å²) in [5.74, 6) is 5.04. The summed E-state index contributed by atoms with van der Waals surface area (Å²) in [5, 5.41) is 2.98. The van der Waals surface area contributed by atoms with Crippen molar-refractivity contribution in [1.82, 2.24) is 10.2 Å². The lowest BCUT2D eigenvalue weighted by Gasteiger charge is -2.31. The third-order valence-electron chi connectivity index (χ3n) is 3.94. The van der Waals surface area contributed by atoms with Crippen LogP contribution in [0.3, 0.4) is 0 Å². The number of nitrogens with zero attached hydrogens (tertiary/aromatic N) is 1. The van der Waals surface area contributed by atoms with Crippen LogP contribution in [-0.4, -0.2) is 36.5 Å². The number of amides is 1. The number of rotatable bonds is 5. The predicted molar refractivity (Wildman–Crippen MR) is 85.8 cm³/mol. The monoisotopic (exact) mass is 284 g/mol. The van der Waals surface area contributed by atoms with E-state index in [-0.39, 0.29) is 5.91 Å². The number of hydrogen-bond acceptors (Lipinski definition) is 2. The van der Waals surface area contributed by atoms with E-state index in [0.717, 1.165) is 38.9 Å². The molecule has 112 valence electrons. The molecule has 0 atom stereocenters. The molecule has 0 unspecified atom stereocenters. The third-order valence-corrected chi connectivity index (χ3v) is 3.94. The highest BCUT2D eigenvalue weighted by atomic mass is 16.1. The Morgan fingerprint density at radius 3 is 2.67 bits per heavy atom. The van der Waals surface area contributed by atoms with Crippen molar-refractivity contribution >= 4 is 5.91 Å². The number of aryl methyl sites for hydroxylation is 1. The predicted octanol–water partition coefficient (Wildman–Crippen LogP) is 2.22. The van der Waals surface area contributed by atoms with E-state index in [1.807, 2.05) is 0 Å². The Labute approximate surface area is 127 Å². The summed E-state index contributed by atoms with van der Waals surface area (Å²) in [6.07, 6.45) is 4.40. The molecule has 0 aromatic heterocycles. The Morgan fingerprint density at radius 2 is 2.00 bits per heavy atom. The van der Waals surface area contributed by atoms with E-state index in [4.69, 9.17) is 0 Å². The van der Waals surface area contributed by atoms with Crippen molar-refractivity contribution < 1.29 is 4.79 Å². The molecule has 1 fully saturated rings. The quantitative estimate of drug-likeness (QED) is 0.841. The molecule has 1 amide bonds. The van der Waals surface area contributed by atoms with Gasteiger partial charge in [-0.1, -0.05) is 36.3 Å². The lowest BCUT2D eigenvalue weighted by Crippen LogP contribution is -2.44. The number of benzene rings is 1. The number of nitrogens with one attached hydrogen (secondary N) is 1. The molecule has 1 aliphatic heterocycles. The molecule has 3 heteroatoms. The fourth-order valence-corrected chi connectivity index (χ4v) is 2.79. The summed E-state index contributed by atoms with van der Waals surface area (Å²) in [5.41, 5.74) is 1.41. The number of likely N-dealkylation sites (tertiary alicyclic amines) is 1. The molecule has 21 heavy (non-hydrogen) atoms. The second-order valence-corrected chi connectivity index (χ2v) is 5.55. The van der Waals surface area contributed by atoms with Crippen LogP contribution in [0.25, 0.3) is 0 Å². The van der Waals surface area contributed by atoms with Gasteiger partial charge in [0.2, 0.25) is 0 Å². The summed E-state index contributed by atoms with van der Waals surface area (Å²) in [6, 6.07) is 10.9. The van der Waals surface area contributed by atoms with Crippen LogP contribution in [0, 0.1) is 11.8 Å². The van der Waals surface area contributed by atoms with Gasteiger partial charge in [-0.3, -0.25) is 4.79 Å². The summed E-state index contributed by atoms with van der Waals surface area (Å²) < 4.78 is 0. The van der Waals surface area contributed by atoms with Crippen molar-refractivity contribution in [3.05, 3.63) is 35.9 Å². The molecule has 1 saturated heterocycles. The first-order chi connectivity index (χ1) is 10.3. The molecule has 2 rings (SSSR count). The van der Waals surface area contributed by atoms with Gasteiger partial charge in [0.25, 0.3) is 5.91 Å². The summed E-state index contributed by atoms with van der Waals surface area (Å²) in [6.45, 7) is 4.97. The van der Waals surface area contributed by atoms with Gasteiger partial charge < -0.3 is 10.2 Å². The molecule has 1 aliphatic rings. The topological polar surface area (TPSA) is 32.3 Å². The van der Waals surface area contributed by atoms with Crippen LogP contribution in [0.2, 0.25) is 0 Å². The SMILES string of the molecule is CC#CC(=O)NC1CCN(CCCc2ccccc2)CC1. The molecule has 0 saturated carbocycles. The highest BCUT2D eigenvalue weighted by Crippen LogP contribution is 2.11. The van der Waals surface area contributed by atoms with Crippen molar-refractivity contribution in [3.8, 4) is 11.8 Å². The molecule has 0 radical (unpaired) electrons. The molecule has 0 aliphatic carbocycles. The van der Waals surface area contributed by atoms with Gasteiger partial charge in [-0.15, -0.1) is 0 Å². The minimum atomic E-state index is -0.139. The smallest absolute Gasteiger partial charge is 0.296 e. The third kappa shape index (κ3) is 5.61. The second-order valence-electron chi connectivity index (χ2n) is 5.55. The van der Waals surface area contributed by atoms with Gasteiger partial charge in [-0.2, -0.15) is 0 Å². The minimum Gasteiger partial charge on any atom is -0.342 e. The van der Waals surface area contributed by atoms with Crippen LogP contribution < -0.4 is 5.32 Å². The lowest BCUT2D eigenvalue weighted by molar-refractivity contribution is -0.116. The van der Waals surface area contributed by atoms with Gasteiger partial charge in [0, 0.05) is 19.1 Å². The van der Waals surface area contributed by atoms with Crippen LogP contribution in [0.1, 0.15) is 31.7 Å². The Balaban J connectivity index is 1.62. The highest BCUT2D eigenvalue weighted by molar-refractivity contribution is 5.93. The molecule has 1 heterocycles. The second kappa shape index (κ2) is 8.49. The first kappa shape index (κ1) is 15.6. The summed E-state index contributed by atoms with van der Waals surface area (Å²) in [4.78, 5) is 13.9. The van der Waals surface area contributed by atoms with Crippen LogP contribution in [0.15, 0.2) is 30.3 Å². The lowest BCUT2D eigenvalue weighted by atomic mass is 10.0. The number of hydrogen-bond donors (Lipinski definition) is 1. The fraction of sp³-hybridized carbons (Fsp3) is 0.500. The van der Waals surface area contributed by atoms with Crippen molar-refractivity contribution in [2.75, 3.05) is 19.6 Å². The molecular weight excluding hydrogens is 260 g/mol. The zero-order valence-electron chi connectivity index (χ0n) is 12.8. The Hall–Kier alpha value is -1.79. The van der Waals surface area contributed by atoms with Crippen molar-refractivity contribution in [1.29, 1.82) is 0 Å². The summed E-state index contributed by atoms with van der Waals surface area (Å²) in [7, 11) is 0. The highest BCUT2D eigenvalue weighted by Gasteiger charge is 2.19. The van der Waals surface area contributed by atoms with E-state index in [9.17, 15) is 4.79 Å². The number of carbonyl (C=O) groups is 1. The zero-order chi connectivity index (χ0) is 14.9. The molecule has 0 spiro atoms. The van der Waals surface area contributed by atoms with Gasteiger partial charge in [-0.05, 0) is 50.6 Å². The Bertz CT molecular complexity index is 493. The van der Waals surface area contributed by atoms with E-state index >= 15 is 0 Å². The molecule has 1 aromatic carbocycles. The molecular formula is C18H24N2O. The molecule has 0 bridgehead atoms. The van der Waals surface area contributed by atoms with Crippen LogP contribution in [0.5, 0.6) is 0 Å². The van der Waals surface area contributed by atoms with Gasteiger partial charge >= 0.3 is 0 Å². The van der Waals surface area contributed by atoms with E-state index in [2.05, 4.69) is 52.4 Å². The zero-order valence-corrected chi connectivity index (χ0v) is 12.8. The minimum absolute atomic E-state index is 0.139. The van der Waals surface area contributed by atoms with E-state index < -0.39 is 0 Å². The number of carbonyl (C=O) groups excluding carboxylic acids is 1. The molecule has 3 nitrogen and oxygen atoms in total. The summed E-state index contributed by atoms with van der Waals surface area (Å²) >= 11 is 0. The van der Waals surface area contributed by atoms with Crippen LogP contribution in [-0.2, 0) is 11.2 Å².